The standard InChI is InChI=1S/C15H29N3O.C5H5N.C2H6/c1-13(19)16-15-5-3-14(4-6-15)7-8-18-11-9-17(2)10-12-18;1-2-4-6-5-3-1;1-2/h14-15H,3-12H2,1-2H3,(H,16,19);1-5H;1-2H3. The van der Waals surface area contributed by atoms with Crippen molar-refractivity contribution in [3.8, 4) is 0 Å². The average Bonchev–Trinajstić information content (AvgIpc) is 2.72. The molecule has 1 amide bonds. The fourth-order valence-corrected chi connectivity index (χ4v) is 3.63. The molecule has 1 saturated carbocycles. The molecule has 0 unspecified atom stereocenters. The Morgan fingerprint density at radius 2 is 1.59 bits per heavy atom. The van der Waals surface area contributed by atoms with E-state index >= 15 is 0 Å². The second kappa shape index (κ2) is 14.6. The molecule has 0 spiro atoms. The van der Waals surface area contributed by atoms with Gasteiger partial charge in [0.2, 0.25) is 5.91 Å². The van der Waals surface area contributed by atoms with Crippen molar-refractivity contribution < 1.29 is 4.79 Å². The van der Waals surface area contributed by atoms with Gasteiger partial charge < -0.3 is 15.1 Å². The molecule has 1 aromatic heterocycles. The summed E-state index contributed by atoms with van der Waals surface area (Å²) in [5.41, 5.74) is 0. The first-order valence-electron chi connectivity index (χ1n) is 10.7. The van der Waals surface area contributed by atoms with Gasteiger partial charge in [0.1, 0.15) is 0 Å². The van der Waals surface area contributed by atoms with Gasteiger partial charge in [-0.2, -0.15) is 0 Å². The molecule has 154 valence electrons. The van der Waals surface area contributed by atoms with Crippen LogP contribution in [0.3, 0.4) is 0 Å². The van der Waals surface area contributed by atoms with Crippen molar-refractivity contribution >= 4 is 5.91 Å². The van der Waals surface area contributed by atoms with E-state index in [0.717, 1.165) is 5.92 Å². The van der Waals surface area contributed by atoms with Crippen molar-refractivity contribution in [2.75, 3.05) is 39.8 Å². The Balaban J connectivity index is 0.000000381. The first-order chi connectivity index (χ1) is 13.1. The van der Waals surface area contributed by atoms with Crippen LogP contribution in [0.25, 0.3) is 0 Å². The topological polar surface area (TPSA) is 48.5 Å². The summed E-state index contributed by atoms with van der Waals surface area (Å²) in [6.07, 6.45) is 9.77. The lowest BCUT2D eigenvalue weighted by Gasteiger charge is -2.34. The highest BCUT2D eigenvalue weighted by Gasteiger charge is 2.22. The van der Waals surface area contributed by atoms with E-state index in [4.69, 9.17) is 0 Å². The number of amides is 1. The van der Waals surface area contributed by atoms with Crippen LogP contribution >= 0.6 is 0 Å². The molecule has 1 aliphatic carbocycles. The highest BCUT2D eigenvalue weighted by Crippen LogP contribution is 2.27. The monoisotopic (exact) mass is 376 g/mol. The number of nitrogens with zero attached hydrogens (tertiary/aromatic N) is 3. The molecule has 1 aromatic rings. The summed E-state index contributed by atoms with van der Waals surface area (Å²) in [5.74, 6) is 1.01. The first kappa shape index (κ1) is 23.6. The smallest absolute Gasteiger partial charge is 0.217 e. The van der Waals surface area contributed by atoms with Crippen LogP contribution in [-0.2, 0) is 4.79 Å². The van der Waals surface area contributed by atoms with E-state index in [9.17, 15) is 4.79 Å². The quantitative estimate of drug-likeness (QED) is 0.875. The molecule has 0 bridgehead atoms. The summed E-state index contributed by atoms with van der Waals surface area (Å²) in [6, 6.07) is 6.16. The summed E-state index contributed by atoms with van der Waals surface area (Å²) >= 11 is 0. The zero-order chi connectivity index (χ0) is 19.9. The minimum atomic E-state index is 0.126. The zero-order valence-electron chi connectivity index (χ0n) is 17.9. The molecule has 1 N–H and O–H groups in total. The van der Waals surface area contributed by atoms with Crippen molar-refractivity contribution in [1.82, 2.24) is 20.1 Å². The third-order valence-corrected chi connectivity index (χ3v) is 5.27. The lowest BCUT2D eigenvalue weighted by atomic mass is 9.84. The van der Waals surface area contributed by atoms with Crippen molar-refractivity contribution in [2.24, 2.45) is 5.92 Å². The number of pyridine rings is 1. The van der Waals surface area contributed by atoms with Crippen LogP contribution in [-0.4, -0.2) is 66.5 Å². The number of carbonyl (C=O) groups is 1. The van der Waals surface area contributed by atoms with E-state index in [1.807, 2.05) is 32.0 Å². The van der Waals surface area contributed by atoms with Crippen LogP contribution in [0, 0.1) is 5.92 Å². The van der Waals surface area contributed by atoms with E-state index in [1.165, 1.54) is 64.8 Å². The van der Waals surface area contributed by atoms with Gasteiger partial charge in [0.25, 0.3) is 0 Å². The zero-order valence-corrected chi connectivity index (χ0v) is 17.9. The lowest BCUT2D eigenvalue weighted by Crippen LogP contribution is -2.45. The summed E-state index contributed by atoms with van der Waals surface area (Å²) in [4.78, 5) is 19.8. The highest BCUT2D eigenvalue weighted by atomic mass is 16.1. The van der Waals surface area contributed by atoms with E-state index in [0.29, 0.717) is 6.04 Å². The Hall–Kier alpha value is -1.46. The highest BCUT2D eigenvalue weighted by molar-refractivity contribution is 5.73. The van der Waals surface area contributed by atoms with E-state index in [2.05, 4.69) is 27.1 Å². The number of aromatic nitrogens is 1. The van der Waals surface area contributed by atoms with Crippen LogP contribution in [0.4, 0.5) is 0 Å². The molecular formula is C22H40N4O. The van der Waals surface area contributed by atoms with Gasteiger partial charge in [-0.3, -0.25) is 9.78 Å². The van der Waals surface area contributed by atoms with Gasteiger partial charge in [0, 0.05) is 51.5 Å². The summed E-state index contributed by atoms with van der Waals surface area (Å²) in [7, 11) is 2.21. The molecule has 0 atom stereocenters. The SMILES string of the molecule is CC.CC(=O)NC1CCC(CCN2CCN(C)CC2)CC1.c1ccncc1. The van der Waals surface area contributed by atoms with E-state index in [1.54, 1.807) is 19.3 Å². The van der Waals surface area contributed by atoms with E-state index in [-0.39, 0.29) is 5.91 Å². The van der Waals surface area contributed by atoms with Gasteiger partial charge in [-0.1, -0.05) is 19.9 Å². The van der Waals surface area contributed by atoms with Gasteiger partial charge in [0.15, 0.2) is 0 Å². The molecular weight excluding hydrogens is 336 g/mol. The molecule has 2 aliphatic rings. The Morgan fingerprint density at radius 1 is 1.00 bits per heavy atom. The molecule has 1 aliphatic heterocycles. The summed E-state index contributed by atoms with van der Waals surface area (Å²) < 4.78 is 0. The van der Waals surface area contributed by atoms with Crippen LogP contribution in [0.2, 0.25) is 0 Å². The van der Waals surface area contributed by atoms with Crippen LogP contribution < -0.4 is 5.32 Å². The third-order valence-electron chi connectivity index (χ3n) is 5.27. The predicted octanol–water partition coefficient (Wildman–Crippen LogP) is 3.43. The predicted molar refractivity (Wildman–Crippen MR) is 114 cm³/mol. The van der Waals surface area contributed by atoms with Gasteiger partial charge in [-0.25, -0.2) is 0 Å². The number of rotatable bonds is 4. The number of nitrogens with one attached hydrogen (secondary N) is 1. The molecule has 27 heavy (non-hydrogen) atoms. The largest absolute Gasteiger partial charge is 0.354 e. The summed E-state index contributed by atoms with van der Waals surface area (Å²) in [6.45, 7) is 11.8. The molecule has 1 saturated heterocycles. The van der Waals surface area contributed by atoms with Gasteiger partial charge in [0.05, 0.1) is 0 Å². The van der Waals surface area contributed by atoms with Crippen LogP contribution in [0.5, 0.6) is 0 Å². The third kappa shape index (κ3) is 11.1. The average molecular weight is 377 g/mol. The number of likely N-dealkylation sites (N-methyl/N-ethyl adjacent to an activating group) is 1. The molecule has 3 rings (SSSR count). The molecule has 5 nitrogen and oxygen atoms in total. The number of piperazine rings is 1. The number of hydrogen-bond donors (Lipinski definition) is 1. The molecule has 2 heterocycles. The van der Waals surface area contributed by atoms with E-state index < -0.39 is 0 Å². The second-order valence-corrected chi connectivity index (χ2v) is 7.38. The molecule has 2 fully saturated rings. The fourth-order valence-electron chi connectivity index (χ4n) is 3.63. The number of carbonyl (C=O) groups excluding carboxylic acids is 1. The lowest BCUT2D eigenvalue weighted by molar-refractivity contribution is -0.119. The summed E-state index contributed by atoms with van der Waals surface area (Å²) in [5, 5.41) is 3.06. The Labute approximate surface area is 166 Å². The first-order valence-corrected chi connectivity index (χ1v) is 10.7. The molecule has 5 heteroatoms. The van der Waals surface area contributed by atoms with Crippen molar-refractivity contribution in [1.29, 1.82) is 0 Å². The minimum absolute atomic E-state index is 0.126. The van der Waals surface area contributed by atoms with Crippen molar-refractivity contribution in [3.63, 3.8) is 0 Å². The van der Waals surface area contributed by atoms with Crippen molar-refractivity contribution in [3.05, 3.63) is 30.6 Å². The Bertz CT molecular complexity index is 440. The molecule has 0 aromatic carbocycles. The Morgan fingerprint density at radius 3 is 2.04 bits per heavy atom. The maximum atomic E-state index is 11.0. The number of hydrogen-bond acceptors (Lipinski definition) is 4. The van der Waals surface area contributed by atoms with Gasteiger partial charge in [-0.15, -0.1) is 0 Å². The second-order valence-electron chi connectivity index (χ2n) is 7.38. The maximum absolute atomic E-state index is 11.0. The molecule has 0 radical (unpaired) electrons. The normalized spacial score (nSPS) is 23.3. The Kier molecular flexibility index (Phi) is 12.7. The minimum Gasteiger partial charge on any atom is -0.354 e. The van der Waals surface area contributed by atoms with Crippen LogP contribution in [0.15, 0.2) is 30.6 Å². The van der Waals surface area contributed by atoms with Gasteiger partial charge >= 0.3 is 0 Å². The van der Waals surface area contributed by atoms with Crippen molar-refractivity contribution in [2.45, 2.75) is 58.9 Å². The van der Waals surface area contributed by atoms with Gasteiger partial charge in [-0.05, 0) is 63.7 Å². The fraction of sp³-hybridized carbons (Fsp3) is 0.727. The van der Waals surface area contributed by atoms with Crippen LogP contribution in [0.1, 0.15) is 52.9 Å². The maximum Gasteiger partial charge on any atom is 0.217 e.